The van der Waals surface area contributed by atoms with Gasteiger partial charge in [-0.3, -0.25) is 4.79 Å². The van der Waals surface area contributed by atoms with E-state index in [0.717, 1.165) is 11.1 Å². The third kappa shape index (κ3) is 1.61. The van der Waals surface area contributed by atoms with Gasteiger partial charge in [0.2, 0.25) is 0 Å². The molecule has 1 aromatic rings. The van der Waals surface area contributed by atoms with Crippen LogP contribution in [0.2, 0.25) is 0 Å². The molecule has 1 saturated carbocycles. The number of benzene rings is 1. The van der Waals surface area contributed by atoms with Gasteiger partial charge in [-0.25, -0.2) is 0 Å². The maximum absolute atomic E-state index is 11.1. The summed E-state index contributed by atoms with van der Waals surface area (Å²) in [5, 5.41) is 19.2. The van der Waals surface area contributed by atoms with Crippen LogP contribution in [0.4, 0.5) is 0 Å². The molecule has 1 unspecified atom stereocenters. The molecule has 1 atom stereocenters. The van der Waals surface area contributed by atoms with E-state index in [0.29, 0.717) is 18.4 Å². The highest BCUT2D eigenvalue weighted by Crippen LogP contribution is 2.55. The second-order valence-electron chi connectivity index (χ2n) is 4.71. The Bertz CT molecular complexity index is 433. The van der Waals surface area contributed by atoms with Crippen molar-refractivity contribution in [3.63, 3.8) is 0 Å². The topological polar surface area (TPSA) is 57.5 Å². The van der Waals surface area contributed by atoms with Crippen LogP contribution < -0.4 is 0 Å². The van der Waals surface area contributed by atoms with Crippen molar-refractivity contribution < 1.29 is 15.0 Å². The fourth-order valence-corrected chi connectivity index (χ4v) is 1.99. The number of carbonyl (C=O) groups is 1. The van der Waals surface area contributed by atoms with E-state index in [-0.39, 0.29) is 0 Å². The highest BCUT2D eigenvalue weighted by Gasteiger charge is 2.56. The third-order valence-electron chi connectivity index (χ3n) is 3.58. The van der Waals surface area contributed by atoms with Crippen molar-refractivity contribution >= 4 is 5.97 Å². The number of aliphatic carboxylic acids is 1. The predicted molar refractivity (Wildman–Crippen MR) is 60.2 cm³/mol. The number of aliphatic hydroxyl groups excluding tert-OH is 1. The molecule has 1 aliphatic carbocycles. The van der Waals surface area contributed by atoms with Gasteiger partial charge in [0.15, 0.2) is 0 Å². The van der Waals surface area contributed by atoms with Crippen molar-refractivity contribution in [2.75, 3.05) is 0 Å². The van der Waals surface area contributed by atoms with E-state index in [1.54, 1.807) is 0 Å². The molecule has 1 aromatic carbocycles. The first kappa shape index (κ1) is 11.1. The first-order valence-corrected chi connectivity index (χ1v) is 5.46. The van der Waals surface area contributed by atoms with E-state index in [9.17, 15) is 9.90 Å². The summed E-state index contributed by atoms with van der Waals surface area (Å²) in [5.41, 5.74) is 2.01. The van der Waals surface area contributed by atoms with Crippen molar-refractivity contribution in [2.24, 2.45) is 5.41 Å². The number of hydrogen-bond acceptors (Lipinski definition) is 2. The summed E-state index contributed by atoms with van der Waals surface area (Å²) in [6.45, 7) is 3.96. The van der Waals surface area contributed by atoms with Crippen molar-refractivity contribution in [2.45, 2.75) is 32.8 Å². The molecule has 0 heterocycles. The van der Waals surface area contributed by atoms with E-state index in [1.807, 2.05) is 32.0 Å². The highest BCUT2D eigenvalue weighted by atomic mass is 16.4. The Morgan fingerprint density at radius 2 is 1.94 bits per heavy atom. The van der Waals surface area contributed by atoms with Gasteiger partial charge < -0.3 is 10.2 Å². The van der Waals surface area contributed by atoms with E-state index < -0.39 is 17.5 Å². The summed E-state index contributed by atoms with van der Waals surface area (Å²) < 4.78 is 0. The van der Waals surface area contributed by atoms with Crippen LogP contribution in [-0.2, 0) is 4.79 Å². The molecule has 86 valence electrons. The average Bonchev–Trinajstić information content (AvgIpc) is 3.02. The van der Waals surface area contributed by atoms with Crippen LogP contribution in [0, 0.1) is 19.3 Å². The SMILES string of the molecule is Cc1ccc(C(O)C2(C(=O)O)CC2)cc1C. The second-order valence-corrected chi connectivity index (χ2v) is 4.71. The zero-order valence-electron chi connectivity index (χ0n) is 9.53. The maximum atomic E-state index is 11.1. The minimum atomic E-state index is -0.929. The molecule has 0 aromatic heterocycles. The summed E-state index contributed by atoms with van der Waals surface area (Å²) >= 11 is 0. The Morgan fingerprint density at radius 1 is 1.31 bits per heavy atom. The predicted octanol–water partition coefficient (Wildman–Crippen LogP) is 2.20. The first-order valence-electron chi connectivity index (χ1n) is 5.46. The van der Waals surface area contributed by atoms with Crippen LogP contribution in [-0.4, -0.2) is 16.2 Å². The lowest BCUT2D eigenvalue weighted by molar-refractivity contribution is -0.148. The lowest BCUT2D eigenvalue weighted by Gasteiger charge is -2.19. The lowest BCUT2D eigenvalue weighted by atomic mass is 9.91. The second kappa shape index (κ2) is 3.59. The molecule has 2 rings (SSSR count). The van der Waals surface area contributed by atoms with Gasteiger partial charge in [0.1, 0.15) is 0 Å². The molecular weight excluding hydrogens is 204 g/mol. The minimum absolute atomic E-state index is 0.566. The van der Waals surface area contributed by atoms with Gasteiger partial charge in [0, 0.05) is 0 Å². The number of rotatable bonds is 3. The van der Waals surface area contributed by atoms with Crippen molar-refractivity contribution in [1.82, 2.24) is 0 Å². The minimum Gasteiger partial charge on any atom is -0.481 e. The van der Waals surface area contributed by atoms with Crippen molar-refractivity contribution in [1.29, 1.82) is 0 Å². The molecule has 3 heteroatoms. The Labute approximate surface area is 94.7 Å². The lowest BCUT2D eigenvalue weighted by Crippen LogP contribution is -2.23. The molecule has 2 N–H and O–H groups in total. The van der Waals surface area contributed by atoms with Crippen LogP contribution in [0.3, 0.4) is 0 Å². The molecular formula is C13H16O3. The summed E-state index contributed by atoms with van der Waals surface area (Å²) in [7, 11) is 0. The Morgan fingerprint density at radius 3 is 2.38 bits per heavy atom. The van der Waals surface area contributed by atoms with Crippen molar-refractivity contribution in [3.05, 3.63) is 34.9 Å². The first-order chi connectivity index (χ1) is 7.47. The van der Waals surface area contributed by atoms with Gasteiger partial charge in [-0.2, -0.15) is 0 Å². The molecule has 0 spiro atoms. The standard InChI is InChI=1S/C13H16O3/c1-8-3-4-10(7-9(8)2)11(14)13(5-6-13)12(15)16/h3-4,7,11,14H,5-6H2,1-2H3,(H,15,16). The summed E-state index contributed by atoms with van der Waals surface area (Å²) in [6, 6.07) is 5.62. The van der Waals surface area contributed by atoms with E-state index >= 15 is 0 Å². The van der Waals surface area contributed by atoms with E-state index in [2.05, 4.69) is 0 Å². The van der Waals surface area contributed by atoms with E-state index in [1.165, 1.54) is 0 Å². The van der Waals surface area contributed by atoms with Gasteiger partial charge in [-0.15, -0.1) is 0 Å². The van der Waals surface area contributed by atoms with Crippen LogP contribution in [0.1, 0.15) is 35.6 Å². The van der Waals surface area contributed by atoms with Crippen LogP contribution >= 0.6 is 0 Å². The molecule has 0 bridgehead atoms. The van der Waals surface area contributed by atoms with Gasteiger partial charge in [-0.1, -0.05) is 18.2 Å². The Balaban J connectivity index is 2.31. The van der Waals surface area contributed by atoms with Gasteiger partial charge in [0.05, 0.1) is 11.5 Å². The van der Waals surface area contributed by atoms with Gasteiger partial charge >= 0.3 is 5.97 Å². The monoisotopic (exact) mass is 220 g/mol. The van der Waals surface area contributed by atoms with Crippen LogP contribution in [0.15, 0.2) is 18.2 Å². The number of hydrogen-bond donors (Lipinski definition) is 2. The molecule has 16 heavy (non-hydrogen) atoms. The number of aryl methyl sites for hydroxylation is 2. The highest BCUT2D eigenvalue weighted by molar-refractivity contribution is 5.79. The number of aliphatic hydroxyl groups is 1. The van der Waals surface area contributed by atoms with Crippen molar-refractivity contribution in [3.8, 4) is 0 Å². The normalized spacial score (nSPS) is 19.2. The maximum Gasteiger partial charge on any atom is 0.312 e. The fraction of sp³-hybridized carbons (Fsp3) is 0.462. The largest absolute Gasteiger partial charge is 0.481 e. The van der Waals surface area contributed by atoms with Gasteiger partial charge in [-0.05, 0) is 43.4 Å². The van der Waals surface area contributed by atoms with Crippen LogP contribution in [0.25, 0.3) is 0 Å². The summed E-state index contributed by atoms with van der Waals surface area (Å²) in [6.07, 6.45) is 0.247. The molecule has 0 saturated heterocycles. The molecule has 1 fully saturated rings. The third-order valence-corrected chi connectivity index (χ3v) is 3.58. The average molecular weight is 220 g/mol. The van der Waals surface area contributed by atoms with E-state index in [4.69, 9.17) is 5.11 Å². The zero-order valence-corrected chi connectivity index (χ0v) is 9.53. The summed E-state index contributed by atoms with van der Waals surface area (Å²) in [4.78, 5) is 11.1. The quantitative estimate of drug-likeness (QED) is 0.821. The number of carboxylic acid groups (broad SMARTS) is 1. The molecule has 1 aliphatic rings. The summed E-state index contributed by atoms with van der Waals surface area (Å²) in [5.74, 6) is -0.891. The fourth-order valence-electron chi connectivity index (χ4n) is 1.99. The number of carboxylic acids is 1. The zero-order chi connectivity index (χ0) is 11.9. The molecule has 0 amide bonds. The smallest absolute Gasteiger partial charge is 0.312 e. The molecule has 3 nitrogen and oxygen atoms in total. The molecule has 0 aliphatic heterocycles. The molecule has 0 radical (unpaired) electrons. The Hall–Kier alpha value is -1.35. The Kier molecular flexibility index (Phi) is 2.50. The van der Waals surface area contributed by atoms with Crippen LogP contribution in [0.5, 0.6) is 0 Å². The van der Waals surface area contributed by atoms with Gasteiger partial charge in [0.25, 0.3) is 0 Å².